The van der Waals surface area contributed by atoms with Gasteiger partial charge in [0.2, 0.25) is 5.88 Å². The molecule has 2 aliphatic heterocycles. The first-order chi connectivity index (χ1) is 21.4. The Morgan fingerprint density at radius 3 is 2.82 bits per heavy atom. The highest BCUT2D eigenvalue weighted by Crippen LogP contribution is 2.35. The lowest BCUT2D eigenvalue weighted by molar-refractivity contribution is -0.0985. The maximum absolute atomic E-state index is 11.7. The molecule has 0 radical (unpaired) electrons. The van der Waals surface area contributed by atoms with Gasteiger partial charge in [-0.05, 0) is 80.0 Å². The minimum atomic E-state index is -1.10. The van der Waals surface area contributed by atoms with Crippen LogP contribution >= 0.6 is 0 Å². The van der Waals surface area contributed by atoms with E-state index < -0.39 is 5.97 Å². The molecule has 10 nitrogen and oxygen atoms in total. The molecule has 0 spiro atoms. The number of carboxylic acid groups (broad SMARTS) is 1. The Labute approximate surface area is 257 Å². The molecule has 3 aliphatic rings. The van der Waals surface area contributed by atoms with Gasteiger partial charge in [-0.25, -0.2) is 9.78 Å². The third kappa shape index (κ3) is 6.29. The van der Waals surface area contributed by atoms with Gasteiger partial charge >= 0.3 is 5.97 Å². The number of carbonyl (C=O) groups is 1. The Bertz CT molecular complexity index is 1590. The van der Waals surface area contributed by atoms with E-state index in [1.54, 1.807) is 13.0 Å². The smallest absolute Gasteiger partial charge is 0.342 e. The first-order valence-corrected chi connectivity index (χ1v) is 15.4. The summed E-state index contributed by atoms with van der Waals surface area (Å²) in [6.07, 6.45) is 6.42. The minimum Gasteiger partial charge on any atom is -0.488 e. The molecule has 4 heterocycles. The van der Waals surface area contributed by atoms with Crippen molar-refractivity contribution >= 4 is 11.5 Å². The van der Waals surface area contributed by atoms with Crippen LogP contribution in [0.25, 0.3) is 11.4 Å². The number of nitrogens with zero attached hydrogens (tertiary/aromatic N) is 4. The average molecular weight is 601 g/mol. The molecule has 0 amide bonds. The summed E-state index contributed by atoms with van der Waals surface area (Å²) in [7, 11) is 0. The Morgan fingerprint density at radius 1 is 1.14 bits per heavy atom. The number of hydrogen-bond acceptors (Lipinski definition) is 8. The lowest BCUT2D eigenvalue weighted by Gasteiger charge is -2.34. The van der Waals surface area contributed by atoms with Crippen molar-refractivity contribution in [2.45, 2.75) is 59.3 Å². The molecule has 1 saturated heterocycles. The highest BCUT2D eigenvalue weighted by atomic mass is 16.6. The van der Waals surface area contributed by atoms with E-state index in [-0.39, 0.29) is 17.5 Å². The zero-order chi connectivity index (χ0) is 30.6. The highest BCUT2D eigenvalue weighted by molar-refractivity contribution is 5.90. The van der Waals surface area contributed by atoms with Crippen molar-refractivity contribution < 1.29 is 28.8 Å². The van der Waals surface area contributed by atoms with E-state index in [0.717, 1.165) is 55.9 Å². The zero-order valence-electron chi connectivity index (χ0n) is 25.7. The summed E-state index contributed by atoms with van der Waals surface area (Å²) in [4.78, 5) is 19.1. The Hall–Kier alpha value is -3.99. The largest absolute Gasteiger partial charge is 0.488 e. The summed E-state index contributed by atoms with van der Waals surface area (Å²) in [6.45, 7) is 11.8. The number of carboxylic acids is 1. The molecule has 2 aromatic heterocycles. The molecule has 0 saturated carbocycles. The van der Waals surface area contributed by atoms with Crippen LogP contribution in [0.1, 0.15) is 65.0 Å². The molecule has 1 atom stereocenters. The van der Waals surface area contributed by atoms with Crippen LogP contribution in [0.2, 0.25) is 0 Å². The lowest BCUT2D eigenvalue weighted by Crippen LogP contribution is -2.42. The van der Waals surface area contributed by atoms with E-state index in [2.05, 4.69) is 42.1 Å². The van der Waals surface area contributed by atoms with Crippen molar-refractivity contribution in [3.8, 4) is 11.7 Å². The van der Waals surface area contributed by atoms with Crippen LogP contribution in [-0.4, -0.2) is 76.4 Å². The second-order valence-electron chi connectivity index (χ2n) is 11.5. The van der Waals surface area contributed by atoms with Gasteiger partial charge in [-0.15, -0.1) is 0 Å². The standard InChI is InChI=1S/C34H40N4O6/c1-4-42-33-29(34(39)40)17-35-38(33)31-10-6-9-30(36-31)28-8-5-7-22(2)32(28)44-20-25-12-11-24-18-37(14-13-27(24)23(25)3)19-26-21-41-15-16-43-26/h6,8-12,17,26H,4-5,7,13-16,18-21H2,1-3H3,(H,39,40)/t26-/m0/s1. The second-order valence-corrected chi connectivity index (χ2v) is 11.5. The third-order valence-electron chi connectivity index (χ3n) is 8.56. The van der Waals surface area contributed by atoms with Crippen LogP contribution in [0.5, 0.6) is 5.88 Å². The first kappa shape index (κ1) is 30.1. The molecule has 232 valence electrons. The molecular formula is C34H40N4O6. The molecule has 6 rings (SSSR count). The maximum Gasteiger partial charge on any atom is 0.342 e. The number of aromatic carboxylic acids is 1. The number of benzene rings is 1. The summed E-state index contributed by atoms with van der Waals surface area (Å²) in [5.41, 5.74) is 8.13. The molecule has 0 unspecified atom stereocenters. The molecule has 1 aliphatic carbocycles. The number of fused-ring (bicyclic) bond motifs is 1. The van der Waals surface area contributed by atoms with Gasteiger partial charge in [0.05, 0.1) is 44.4 Å². The molecular weight excluding hydrogens is 560 g/mol. The second kappa shape index (κ2) is 13.3. The lowest BCUT2D eigenvalue weighted by atomic mass is 9.91. The molecule has 44 heavy (non-hydrogen) atoms. The number of aromatic nitrogens is 3. The maximum atomic E-state index is 11.7. The molecule has 1 N–H and O–H groups in total. The fourth-order valence-corrected chi connectivity index (χ4v) is 6.24. The Kier molecular flexibility index (Phi) is 9.11. The molecule has 3 aromatic rings. The van der Waals surface area contributed by atoms with Gasteiger partial charge in [-0.3, -0.25) is 4.90 Å². The zero-order valence-corrected chi connectivity index (χ0v) is 25.7. The van der Waals surface area contributed by atoms with Gasteiger partial charge in [0.1, 0.15) is 17.9 Å². The summed E-state index contributed by atoms with van der Waals surface area (Å²) in [6, 6.07) is 10.1. The van der Waals surface area contributed by atoms with Gasteiger partial charge in [0.25, 0.3) is 0 Å². The van der Waals surface area contributed by atoms with Crippen LogP contribution in [0.15, 0.2) is 53.9 Å². The molecule has 1 fully saturated rings. The highest BCUT2D eigenvalue weighted by Gasteiger charge is 2.25. The van der Waals surface area contributed by atoms with E-state index in [1.165, 1.54) is 38.7 Å². The van der Waals surface area contributed by atoms with Gasteiger partial charge in [-0.2, -0.15) is 9.78 Å². The van der Waals surface area contributed by atoms with Gasteiger partial charge in [0, 0.05) is 25.2 Å². The summed E-state index contributed by atoms with van der Waals surface area (Å²) < 4.78 is 25.1. The van der Waals surface area contributed by atoms with E-state index in [4.69, 9.17) is 23.9 Å². The van der Waals surface area contributed by atoms with Gasteiger partial charge in [-0.1, -0.05) is 24.3 Å². The van der Waals surface area contributed by atoms with E-state index >= 15 is 0 Å². The normalized spacial score (nSPS) is 19.0. The number of rotatable bonds is 10. The predicted octanol–water partition coefficient (Wildman–Crippen LogP) is 5.11. The van der Waals surface area contributed by atoms with Gasteiger partial charge in [0.15, 0.2) is 5.82 Å². The minimum absolute atomic E-state index is 0.00309. The Balaban J connectivity index is 1.18. The fraction of sp³-hybridized carbons (Fsp3) is 0.441. The van der Waals surface area contributed by atoms with E-state index in [1.807, 2.05) is 12.1 Å². The number of allylic oxidation sites excluding steroid dienone is 3. The number of ether oxygens (including phenoxy) is 4. The molecule has 1 aromatic carbocycles. The number of hydrogen-bond donors (Lipinski definition) is 1. The molecule has 10 heteroatoms. The van der Waals surface area contributed by atoms with Crippen LogP contribution in [-0.2, 0) is 33.8 Å². The first-order valence-electron chi connectivity index (χ1n) is 15.4. The Morgan fingerprint density at radius 2 is 2.02 bits per heavy atom. The topological polar surface area (TPSA) is 108 Å². The third-order valence-corrected chi connectivity index (χ3v) is 8.56. The van der Waals surface area contributed by atoms with Gasteiger partial charge < -0.3 is 24.1 Å². The van der Waals surface area contributed by atoms with Crippen molar-refractivity contribution in [1.82, 2.24) is 19.7 Å². The SMILES string of the molecule is CCOc1c(C(=O)O)cnn1-c1cccc(C2=CCCC(C)=C2OCc2ccc3c(c2C)CCN(C[C@H]2COCCO2)C3)n1. The number of pyridine rings is 1. The van der Waals surface area contributed by atoms with Crippen LogP contribution in [0.4, 0.5) is 0 Å². The predicted molar refractivity (Wildman–Crippen MR) is 165 cm³/mol. The van der Waals surface area contributed by atoms with E-state index in [9.17, 15) is 9.90 Å². The van der Waals surface area contributed by atoms with Crippen molar-refractivity contribution in [3.05, 3.63) is 87.4 Å². The van der Waals surface area contributed by atoms with Crippen molar-refractivity contribution in [2.75, 3.05) is 39.5 Å². The van der Waals surface area contributed by atoms with Crippen LogP contribution < -0.4 is 4.74 Å². The van der Waals surface area contributed by atoms with Crippen LogP contribution in [0.3, 0.4) is 0 Å². The fourth-order valence-electron chi connectivity index (χ4n) is 6.24. The van der Waals surface area contributed by atoms with Crippen LogP contribution in [0, 0.1) is 6.92 Å². The van der Waals surface area contributed by atoms with Crippen molar-refractivity contribution in [3.63, 3.8) is 0 Å². The molecule has 0 bridgehead atoms. The average Bonchev–Trinajstić information content (AvgIpc) is 3.46. The monoisotopic (exact) mass is 600 g/mol. The van der Waals surface area contributed by atoms with Crippen molar-refractivity contribution in [1.29, 1.82) is 0 Å². The summed E-state index contributed by atoms with van der Waals surface area (Å²) >= 11 is 0. The quantitative estimate of drug-likeness (QED) is 0.340. The van der Waals surface area contributed by atoms with E-state index in [0.29, 0.717) is 38.9 Å². The van der Waals surface area contributed by atoms with Crippen molar-refractivity contribution in [2.24, 2.45) is 0 Å². The summed E-state index contributed by atoms with van der Waals surface area (Å²) in [5, 5.41) is 13.9. The summed E-state index contributed by atoms with van der Waals surface area (Å²) in [5.74, 6) is 0.381.